The summed E-state index contributed by atoms with van der Waals surface area (Å²) in [6.45, 7) is 6.38. The Hall–Kier alpha value is -1.32. The van der Waals surface area contributed by atoms with Crippen LogP contribution in [-0.4, -0.2) is 24.6 Å². The predicted molar refractivity (Wildman–Crippen MR) is 70.1 cm³/mol. The lowest BCUT2D eigenvalue weighted by atomic mass is 10.2. The van der Waals surface area contributed by atoms with E-state index in [4.69, 9.17) is 9.47 Å². The first-order chi connectivity index (χ1) is 8.63. The molecule has 0 aromatic carbocycles. The van der Waals surface area contributed by atoms with Gasteiger partial charge in [-0.1, -0.05) is 33.6 Å². The van der Waals surface area contributed by atoms with E-state index in [0.717, 1.165) is 44.3 Å². The van der Waals surface area contributed by atoms with E-state index in [9.17, 15) is 9.59 Å². The second kappa shape index (κ2) is 10.8. The van der Waals surface area contributed by atoms with Gasteiger partial charge in [0.15, 0.2) is 0 Å². The first-order valence-corrected chi connectivity index (χ1v) is 6.69. The maximum atomic E-state index is 11.3. The van der Waals surface area contributed by atoms with Crippen molar-refractivity contribution in [1.82, 2.24) is 0 Å². The zero-order valence-corrected chi connectivity index (χ0v) is 11.6. The molecule has 0 amide bonds. The van der Waals surface area contributed by atoms with Crippen molar-refractivity contribution < 1.29 is 19.1 Å². The fourth-order valence-corrected chi connectivity index (χ4v) is 1.37. The number of carbonyl (C=O) groups excluding carboxylic acids is 2. The van der Waals surface area contributed by atoms with E-state index in [0.29, 0.717) is 6.61 Å². The molecular formula is C14H24O4. The smallest absolute Gasteiger partial charge is 0.331 e. The maximum absolute atomic E-state index is 11.3. The van der Waals surface area contributed by atoms with Gasteiger partial charge in [0.2, 0.25) is 0 Å². The summed E-state index contributed by atoms with van der Waals surface area (Å²) in [6.07, 6.45) is 6.69. The van der Waals surface area contributed by atoms with Crippen LogP contribution in [0.25, 0.3) is 0 Å². The number of rotatable bonds is 9. The molecule has 0 spiro atoms. The Morgan fingerprint density at radius 1 is 1.00 bits per heavy atom. The number of esters is 2. The Bertz CT molecular complexity index is 267. The average molecular weight is 256 g/mol. The van der Waals surface area contributed by atoms with Crippen molar-refractivity contribution in [1.29, 1.82) is 0 Å². The lowest BCUT2D eigenvalue weighted by molar-refractivity contribution is -0.144. The SMILES string of the molecule is CCCCCOC(=O)/C=C/C(=O)OC(CC)CC. The van der Waals surface area contributed by atoms with Crippen molar-refractivity contribution in [3.8, 4) is 0 Å². The molecule has 0 radical (unpaired) electrons. The molecule has 4 heteroatoms. The largest absolute Gasteiger partial charge is 0.463 e. The third kappa shape index (κ3) is 8.79. The highest BCUT2D eigenvalue weighted by Gasteiger charge is 2.08. The summed E-state index contributed by atoms with van der Waals surface area (Å²) in [7, 11) is 0. The molecule has 104 valence electrons. The molecule has 0 aromatic rings. The zero-order valence-electron chi connectivity index (χ0n) is 11.6. The topological polar surface area (TPSA) is 52.6 Å². The van der Waals surface area contributed by atoms with Gasteiger partial charge in [0, 0.05) is 12.2 Å². The van der Waals surface area contributed by atoms with E-state index in [2.05, 4.69) is 6.92 Å². The van der Waals surface area contributed by atoms with E-state index >= 15 is 0 Å². The van der Waals surface area contributed by atoms with Gasteiger partial charge in [-0.2, -0.15) is 0 Å². The maximum Gasteiger partial charge on any atom is 0.331 e. The normalized spacial score (nSPS) is 10.9. The third-order valence-corrected chi connectivity index (χ3v) is 2.54. The fourth-order valence-electron chi connectivity index (χ4n) is 1.37. The summed E-state index contributed by atoms with van der Waals surface area (Å²) in [5.41, 5.74) is 0. The number of unbranched alkanes of at least 4 members (excludes halogenated alkanes) is 2. The van der Waals surface area contributed by atoms with Crippen LogP contribution in [0.5, 0.6) is 0 Å². The highest BCUT2D eigenvalue weighted by atomic mass is 16.5. The summed E-state index contributed by atoms with van der Waals surface area (Å²) in [5, 5.41) is 0. The molecule has 0 heterocycles. The summed E-state index contributed by atoms with van der Waals surface area (Å²) < 4.78 is 10.0. The molecule has 0 N–H and O–H groups in total. The summed E-state index contributed by atoms with van der Waals surface area (Å²) in [5.74, 6) is -0.984. The van der Waals surface area contributed by atoms with Crippen LogP contribution < -0.4 is 0 Å². The van der Waals surface area contributed by atoms with Gasteiger partial charge in [-0.3, -0.25) is 0 Å². The lowest BCUT2D eigenvalue weighted by Crippen LogP contribution is -2.15. The van der Waals surface area contributed by atoms with Crippen LogP contribution in [-0.2, 0) is 19.1 Å². The van der Waals surface area contributed by atoms with Crippen LogP contribution in [0.3, 0.4) is 0 Å². The quantitative estimate of drug-likeness (QED) is 0.361. The molecule has 0 atom stereocenters. The van der Waals surface area contributed by atoms with Crippen molar-refractivity contribution in [2.24, 2.45) is 0 Å². The molecule has 4 nitrogen and oxygen atoms in total. The van der Waals surface area contributed by atoms with Crippen molar-refractivity contribution in [3.05, 3.63) is 12.2 Å². The van der Waals surface area contributed by atoms with Crippen molar-refractivity contribution >= 4 is 11.9 Å². The number of hydrogen-bond donors (Lipinski definition) is 0. The Morgan fingerprint density at radius 3 is 2.17 bits per heavy atom. The highest BCUT2D eigenvalue weighted by molar-refractivity contribution is 5.91. The van der Waals surface area contributed by atoms with E-state index in [1.807, 2.05) is 13.8 Å². The Balaban J connectivity index is 3.84. The fraction of sp³-hybridized carbons (Fsp3) is 0.714. The summed E-state index contributed by atoms with van der Waals surface area (Å²) >= 11 is 0. The number of ether oxygens (including phenoxy) is 2. The molecule has 0 unspecified atom stereocenters. The number of carbonyl (C=O) groups is 2. The van der Waals surface area contributed by atoms with Crippen LogP contribution in [0.15, 0.2) is 12.2 Å². The molecular weight excluding hydrogens is 232 g/mol. The van der Waals surface area contributed by atoms with Gasteiger partial charge >= 0.3 is 11.9 Å². The monoisotopic (exact) mass is 256 g/mol. The molecule has 0 aliphatic carbocycles. The van der Waals surface area contributed by atoms with Crippen LogP contribution in [0.4, 0.5) is 0 Å². The van der Waals surface area contributed by atoms with E-state index in [1.54, 1.807) is 0 Å². The minimum atomic E-state index is -0.493. The molecule has 18 heavy (non-hydrogen) atoms. The summed E-state index contributed by atoms with van der Waals surface area (Å²) in [4.78, 5) is 22.6. The Kier molecular flexibility index (Phi) is 10.0. The average Bonchev–Trinajstić information content (AvgIpc) is 2.38. The molecule has 0 aliphatic heterocycles. The van der Waals surface area contributed by atoms with Crippen LogP contribution in [0.1, 0.15) is 52.9 Å². The van der Waals surface area contributed by atoms with Gasteiger partial charge in [0.25, 0.3) is 0 Å². The van der Waals surface area contributed by atoms with E-state index in [1.165, 1.54) is 0 Å². The molecule has 0 saturated heterocycles. The Labute approximate surface area is 109 Å². The third-order valence-electron chi connectivity index (χ3n) is 2.54. The van der Waals surface area contributed by atoms with Gasteiger partial charge in [0.05, 0.1) is 6.61 Å². The predicted octanol–water partition coefficient (Wildman–Crippen LogP) is 3.01. The van der Waals surface area contributed by atoms with Crippen LogP contribution >= 0.6 is 0 Å². The van der Waals surface area contributed by atoms with Crippen LogP contribution in [0, 0.1) is 0 Å². The zero-order chi connectivity index (χ0) is 13.8. The number of hydrogen-bond acceptors (Lipinski definition) is 4. The van der Waals surface area contributed by atoms with Crippen molar-refractivity contribution in [3.63, 3.8) is 0 Å². The van der Waals surface area contributed by atoms with Crippen molar-refractivity contribution in [2.75, 3.05) is 6.61 Å². The molecule has 0 aliphatic rings. The lowest BCUT2D eigenvalue weighted by Gasteiger charge is -2.11. The molecule has 0 bridgehead atoms. The van der Waals surface area contributed by atoms with E-state index in [-0.39, 0.29) is 6.10 Å². The van der Waals surface area contributed by atoms with Gasteiger partial charge in [-0.25, -0.2) is 9.59 Å². The molecule has 0 saturated carbocycles. The summed E-state index contributed by atoms with van der Waals surface area (Å²) in [6, 6.07) is 0. The molecule has 0 rings (SSSR count). The van der Waals surface area contributed by atoms with Crippen LogP contribution in [0.2, 0.25) is 0 Å². The van der Waals surface area contributed by atoms with Crippen molar-refractivity contribution in [2.45, 2.75) is 59.0 Å². The minimum absolute atomic E-state index is 0.0808. The van der Waals surface area contributed by atoms with Gasteiger partial charge < -0.3 is 9.47 Å². The highest BCUT2D eigenvalue weighted by Crippen LogP contribution is 2.03. The van der Waals surface area contributed by atoms with Gasteiger partial charge in [0.1, 0.15) is 6.10 Å². The first-order valence-electron chi connectivity index (χ1n) is 6.69. The second-order valence-corrected chi connectivity index (χ2v) is 4.08. The minimum Gasteiger partial charge on any atom is -0.463 e. The first kappa shape index (κ1) is 16.7. The molecule has 0 fully saturated rings. The standard InChI is InChI=1S/C14H24O4/c1-4-7-8-11-17-13(15)9-10-14(16)18-12(5-2)6-3/h9-10,12H,4-8,11H2,1-3H3/b10-9+. The second-order valence-electron chi connectivity index (χ2n) is 4.08. The Morgan fingerprint density at radius 2 is 1.61 bits per heavy atom. The molecule has 0 aromatic heterocycles. The van der Waals surface area contributed by atoms with Gasteiger partial charge in [-0.15, -0.1) is 0 Å². The van der Waals surface area contributed by atoms with Gasteiger partial charge in [-0.05, 0) is 19.3 Å². The van der Waals surface area contributed by atoms with E-state index < -0.39 is 11.9 Å².